The summed E-state index contributed by atoms with van der Waals surface area (Å²) in [5.41, 5.74) is 1.66. The first-order valence-corrected chi connectivity index (χ1v) is 6.94. The first kappa shape index (κ1) is 14.2. The number of hydrogen-bond donors (Lipinski definition) is 2. The number of nitrogens with one attached hydrogen (secondary N) is 1. The molecule has 0 saturated carbocycles. The van der Waals surface area contributed by atoms with Gasteiger partial charge in [-0.05, 0) is 42.4 Å². The summed E-state index contributed by atoms with van der Waals surface area (Å²) in [4.78, 5) is 28.6. The van der Waals surface area contributed by atoms with E-state index in [1.54, 1.807) is 6.92 Å². The van der Waals surface area contributed by atoms with Gasteiger partial charge in [0, 0.05) is 0 Å². The van der Waals surface area contributed by atoms with E-state index in [4.69, 9.17) is 0 Å². The molecule has 2 rings (SSSR count). The molecule has 0 unspecified atom stereocenters. The van der Waals surface area contributed by atoms with Crippen molar-refractivity contribution in [3.63, 3.8) is 0 Å². The summed E-state index contributed by atoms with van der Waals surface area (Å²) in [6, 6.07) is 7.61. The van der Waals surface area contributed by atoms with Gasteiger partial charge in [0.1, 0.15) is 5.56 Å². The van der Waals surface area contributed by atoms with E-state index in [0.29, 0.717) is 22.7 Å². The SMILES string of the molecule is CCc1ccc(N=C(C)c2c(O)sc(=O)[nH]c2=O)cc1. The van der Waals surface area contributed by atoms with Crippen molar-refractivity contribution >= 4 is 22.7 Å². The molecule has 0 aliphatic rings. The maximum Gasteiger partial charge on any atom is 0.310 e. The van der Waals surface area contributed by atoms with Crippen molar-refractivity contribution in [3.8, 4) is 5.06 Å². The fourth-order valence-electron chi connectivity index (χ4n) is 1.79. The van der Waals surface area contributed by atoms with Gasteiger partial charge in [0.2, 0.25) is 0 Å². The highest BCUT2D eigenvalue weighted by atomic mass is 32.1. The van der Waals surface area contributed by atoms with Crippen LogP contribution >= 0.6 is 11.3 Å². The third-order valence-corrected chi connectivity index (χ3v) is 3.53. The normalized spacial score (nSPS) is 11.6. The van der Waals surface area contributed by atoms with Gasteiger partial charge in [0.15, 0.2) is 5.06 Å². The minimum absolute atomic E-state index is 0.0363. The number of aromatic amines is 1. The molecule has 2 aromatic rings. The van der Waals surface area contributed by atoms with Gasteiger partial charge in [0.05, 0.1) is 11.4 Å². The van der Waals surface area contributed by atoms with E-state index in [2.05, 4.69) is 16.9 Å². The molecule has 0 fully saturated rings. The zero-order valence-corrected chi connectivity index (χ0v) is 12.0. The van der Waals surface area contributed by atoms with E-state index in [0.717, 1.165) is 6.42 Å². The second kappa shape index (κ2) is 5.83. The number of aliphatic imine (C=N–C) groups is 1. The minimum Gasteiger partial charge on any atom is -0.499 e. The van der Waals surface area contributed by atoms with E-state index in [9.17, 15) is 14.7 Å². The lowest BCUT2D eigenvalue weighted by Gasteiger charge is -2.02. The minimum atomic E-state index is -0.627. The van der Waals surface area contributed by atoms with Crippen molar-refractivity contribution in [1.29, 1.82) is 0 Å². The Morgan fingerprint density at radius 1 is 1.30 bits per heavy atom. The highest BCUT2D eigenvalue weighted by molar-refractivity contribution is 7.11. The summed E-state index contributed by atoms with van der Waals surface area (Å²) < 4.78 is 0. The largest absolute Gasteiger partial charge is 0.499 e. The molecule has 0 bridgehead atoms. The van der Waals surface area contributed by atoms with Crippen LogP contribution in [0.1, 0.15) is 25.0 Å². The Morgan fingerprint density at radius 3 is 2.50 bits per heavy atom. The molecule has 20 heavy (non-hydrogen) atoms. The lowest BCUT2D eigenvalue weighted by Crippen LogP contribution is -2.22. The van der Waals surface area contributed by atoms with Crippen LogP contribution in [0.3, 0.4) is 0 Å². The van der Waals surface area contributed by atoms with Crippen molar-refractivity contribution in [3.05, 3.63) is 55.4 Å². The third kappa shape index (κ3) is 3.03. The summed E-state index contributed by atoms with van der Waals surface area (Å²) in [6.45, 7) is 3.68. The van der Waals surface area contributed by atoms with Gasteiger partial charge in [-0.1, -0.05) is 19.1 Å². The Labute approximate surface area is 119 Å². The quantitative estimate of drug-likeness (QED) is 0.850. The summed E-state index contributed by atoms with van der Waals surface area (Å²) in [6.07, 6.45) is 0.941. The lowest BCUT2D eigenvalue weighted by molar-refractivity contribution is 0.487. The molecule has 1 heterocycles. The van der Waals surface area contributed by atoms with Gasteiger partial charge >= 0.3 is 4.87 Å². The first-order valence-electron chi connectivity index (χ1n) is 6.12. The molecule has 0 atom stereocenters. The van der Waals surface area contributed by atoms with Gasteiger partial charge < -0.3 is 5.11 Å². The van der Waals surface area contributed by atoms with Crippen LogP contribution in [-0.2, 0) is 6.42 Å². The number of nitrogens with zero attached hydrogens (tertiary/aromatic N) is 1. The van der Waals surface area contributed by atoms with E-state index in [-0.39, 0.29) is 10.6 Å². The molecular weight excluding hydrogens is 276 g/mol. The molecule has 0 saturated heterocycles. The van der Waals surface area contributed by atoms with Crippen LogP contribution in [0, 0.1) is 0 Å². The van der Waals surface area contributed by atoms with Crippen LogP contribution in [0.5, 0.6) is 5.06 Å². The molecule has 0 aliphatic carbocycles. The van der Waals surface area contributed by atoms with Gasteiger partial charge in [-0.2, -0.15) is 0 Å². The van der Waals surface area contributed by atoms with Crippen molar-refractivity contribution < 1.29 is 5.11 Å². The Hall–Kier alpha value is -2.21. The predicted octanol–water partition coefficient (Wildman–Crippen LogP) is 2.21. The fourth-order valence-corrected chi connectivity index (χ4v) is 2.45. The van der Waals surface area contributed by atoms with Crippen molar-refractivity contribution in [2.75, 3.05) is 0 Å². The van der Waals surface area contributed by atoms with Crippen molar-refractivity contribution in [2.45, 2.75) is 20.3 Å². The zero-order valence-electron chi connectivity index (χ0n) is 11.1. The number of hydrogen-bond acceptors (Lipinski definition) is 5. The second-order valence-corrected chi connectivity index (χ2v) is 5.20. The van der Waals surface area contributed by atoms with Gasteiger partial charge in [0.25, 0.3) is 5.56 Å². The van der Waals surface area contributed by atoms with Crippen LogP contribution in [0.4, 0.5) is 5.69 Å². The highest BCUT2D eigenvalue weighted by Gasteiger charge is 2.12. The van der Waals surface area contributed by atoms with Crippen LogP contribution in [0.2, 0.25) is 0 Å². The molecule has 5 nitrogen and oxygen atoms in total. The Kier molecular flexibility index (Phi) is 4.14. The average molecular weight is 290 g/mol. The van der Waals surface area contributed by atoms with E-state index in [1.807, 2.05) is 24.3 Å². The topological polar surface area (TPSA) is 82.5 Å². The van der Waals surface area contributed by atoms with Crippen LogP contribution in [0.25, 0.3) is 0 Å². The molecule has 2 N–H and O–H groups in total. The van der Waals surface area contributed by atoms with Crippen LogP contribution in [-0.4, -0.2) is 15.8 Å². The van der Waals surface area contributed by atoms with Gasteiger partial charge in [-0.15, -0.1) is 0 Å². The van der Waals surface area contributed by atoms with Crippen molar-refractivity contribution in [1.82, 2.24) is 4.98 Å². The number of rotatable bonds is 3. The maximum atomic E-state index is 11.7. The molecule has 1 aromatic heterocycles. The molecule has 0 amide bonds. The Balaban J connectivity index is 2.44. The smallest absolute Gasteiger partial charge is 0.310 e. The van der Waals surface area contributed by atoms with E-state index < -0.39 is 10.4 Å². The van der Waals surface area contributed by atoms with Crippen molar-refractivity contribution in [2.24, 2.45) is 4.99 Å². The van der Waals surface area contributed by atoms with Gasteiger partial charge in [-0.25, -0.2) is 0 Å². The number of H-pyrrole nitrogens is 1. The summed E-state index contributed by atoms with van der Waals surface area (Å²) in [7, 11) is 0. The molecular formula is C14H14N2O3S. The number of aromatic hydroxyl groups is 1. The number of benzene rings is 1. The summed E-state index contributed by atoms with van der Waals surface area (Å²) in [5, 5.41) is 9.41. The first-order chi connectivity index (χ1) is 9.51. The molecule has 104 valence electrons. The summed E-state index contributed by atoms with van der Waals surface area (Å²) >= 11 is 0.582. The average Bonchev–Trinajstić information content (AvgIpc) is 2.38. The van der Waals surface area contributed by atoms with E-state index >= 15 is 0 Å². The molecule has 0 radical (unpaired) electrons. The standard InChI is InChI=1S/C14H14N2O3S/c1-3-9-4-6-10(7-5-9)15-8(2)11-12(17)16-14(19)20-13(11)18/h4-7,18H,3H2,1-2H3,(H,16,17,19). The molecule has 0 aliphatic heterocycles. The Morgan fingerprint density at radius 2 is 1.95 bits per heavy atom. The summed E-state index contributed by atoms with van der Waals surface area (Å²) in [5.74, 6) is 0. The number of aromatic nitrogens is 1. The van der Waals surface area contributed by atoms with Crippen LogP contribution < -0.4 is 10.4 Å². The highest BCUT2D eigenvalue weighted by Crippen LogP contribution is 2.19. The van der Waals surface area contributed by atoms with E-state index in [1.165, 1.54) is 5.56 Å². The zero-order chi connectivity index (χ0) is 14.7. The predicted molar refractivity (Wildman–Crippen MR) is 80.6 cm³/mol. The van der Waals surface area contributed by atoms with Gasteiger partial charge in [-0.3, -0.25) is 19.6 Å². The second-order valence-electron chi connectivity index (χ2n) is 4.24. The molecule has 1 aromatic carbocycles. The maximum absolute atomic E-state index is 11.7. The third-order valence-electron chi connectivity index (χ3n) is 2.85. The number of aryl methyl sites for hydroxylation is 1. The monoisotopic (exact) mass is 290 g/mol. The van der Waals surface area contributed by atoms with Crippen LogP contribution in [0.15, 0.2) is 38.8 Å². The molecule has 6 heteroatoms. The molecule has 0 spiro atoms. The fraction of sp³-hybridized carbons (Fsp3) is 0.214. The Bertz CT molecular complexity index is 757. The lowest BCUT2D eigenvalue weighted by atomic mass is 10.1.